The molecule has 0 atom stereocenters. The molecule has 1 aromatic heterocycles. The molecular formula is C14H21N3O2. The number of hydrogen-bond acceptors (Lipinski definition) is 3. The Labute approximate surface area is 113 Å². The van der Waals surface area contributed by atoms with E-state index in [-0.39, 0.29) is 12.6 Å². The highest BCUT2D eigenvalue weighted by molar-refractivity contribution is 5.74. The summed E-state index contributed by atoms with van der Waals surface area (Å²) in [6.07, 6.45) is 3.50. The maximum absolute atomic E-state index is 12.0. The number of carbonyl (C=O) groups is 1. The number of aryl methyl sites for hydroxylation is 1. The van der Waals surface area contributed by atoms with Crippen molar-refractivity contribution in [1.29, 1.82) is 0 Å². The summed E-state index contributed by atoms with van der Waals surface area (Å²) in [6, 6.07) is 3.84. The Kier molecular flexibility index (Phi) is 4.74. The summed E-state index contributed by atoms with van der Waals surface area (Å²) in [5, 5.41) is 12.0. The van der Waals surface area contributed by atoms with Gasteiger partial charge in [0, 0.05) is 25.9 Å². The first kappa shape index (κ1) is 13.8. The van der Waals surface area contributed by atoms with E-state index in [1.807, 2.05) is 24.0 Å². The van der Waals surface area contributed by atoms with E-state index >= 15 is 0 Å². The van der Waals surface area contributed by atoms with Gasteiger partial charge in [-0.15, -0.1) is 0 Å². The third-order valence-corrected chi connectivity index (χ3v) is 3.68. The van der Waals surface area contributed by atoms with E-state index in [0.29, 0.717) is 12.5 Å². The number of pyridine rings is 1. The van der Waals surface area contributed by atoms with Gasteiger partial charge in [-0.2, -0.15) is 0 Å². The zero-order valence-corrected chi connectivity index (χ0v) is 11.3. The van der Waals surface area contributed by atoms with Gasteiger partial charge in [-0.05, 0) is 37.3 Å². The van der Waals surface area contributed by atoms with Gasteiger partial charge in [0.2, 0.25) is 0 Å². The minimum Gasteiger partial charge on any atom is -0.396 e. The lowest BCUT2D eigenvalue weighted by Crippen LogP contribution is -2.44. The molecule has 5 heteroatoms. The maximum atomic E-state index is 12.0. The third-order valence-electron chi connectivity index (χ3n) is 3.68. The van der Waals surface area contributed by atoms with Crippen LogP contribution in [-0.4, -0.2) is 40.7 Å². The fourth-order valence-electron chi connectivity index (χ4n) is 2.29. The molecule has 2 N–H and O–H groups in total. The van der Waals surface area contributed by atoms with E-state index in [1.165, 1.54) is 0 Å². The monoisotopic (exact) mass is 263 g/mol. The molecule has 1 aromatic rings. The summed E-state index contributed by atoms with van der Waals surface area (Å²) in [5.41, 5.74) is 1.99. The Balaban J connectivity index is 1.81. The highest BCUT2D eigenvalue weighted by Gasteiger charge is 2.21. The van der Waals surface area contributed by atoms with Crippen LogP contribution in [0.3, 0.4) is 0 Å². The van der Waals surface area contributed by atoms with Gasteiger partial charge in [0.1, 0.15) is 0 Å². The summed E-state index contributed by atoms with van der Waals surface area (Å²) in [6.45, 7) is 4.12. The zero-order chi connectivity index (χ0) is 13.7. The number of aromatic nitrogens is 1. The van der Waals surface area contributed by atoms with Crippen molar-refractivity contribution in [3.05, 3.63) is 29.6 Å². The average molecular weight is 263 g/mol. The molecule has 104 valence electrons. The second-order valence-electron chi connectivity index (χ2n) is 5.04. The van der Waals surface area contributed by atoms with Crippen molar-refractivity contribution in [2.75, 3.05) is 19.7 Å². The molecule has 0 aromatic carbocycles. The quantitative estimate of drug-likeness (QED) is 0.864. The molecule has 0 unspecified atom stereocenters. The molecule has 1 saturated heterocycles. The largest absolute Gasteiger partial charge is 0.396 e. The van der Waals surface area contributed by atoms with Gasteiger partial charge in [-0.25, -0.2) is 4.79 Å². The number of carbonyl (C=O) groups excluding carboxylic acids is 1. The van der Waals surface area contributed by atoms with E-state index in [4.69, 9.17) is 5.11 Å². The summed E-state index contributed by atoms with van der Waals surface area (Å²) < 4.78 is 0. The summed E-state index contributed by atoms with van der Waals surface area (Å²) in [5.74, 6) is 0.349. The highest BCUT2D eigenvalue weighted by Crippen LogP contribution is 2.16. The van der Waals surface area contributed by atoms with Gasteiger partial charge in [-0.1, -0.05) is 6.07 Å². The molecule has 2 heterocycles. The molecule has 5 nitrogen and oxygen atoms in total. The van der Waals surface area contributed by atoms with E-state index in [9.17, 15) is 4.79 Å². The molecule has 0 aliphatic carbocycles. The van der Waals surface area contributed by atoms with Crippen LogP contribution in [0.2, 0.25) is 0 Å². The van der Waals surface area contributed by atoms with Crippen LogP contribution in [0.1, 0.15) is 24.1 Å². The molecule has 0 bridgehead atoms. The molecular weight excluding hydrogens is 242 g/mol. The number of urea groups is 1. The van der Waals surface area contributed by atoms with Crippen molar-refractivity contribution in [1.82, 2.24) is 15.2 Å². The Morgan fingerprint density at radius 2 is 2.26 bits per heavy atom. The Morgan fingerprint density at radius 3 is 2.89 bits per heavy atom. The smallest absolute Gasteiger partial charge is 0.317 e. The van der Waals surface area contributed by atoms with Crippen LogP contribution >= 0.6 is 0 Å². The van der Waals surface area contributed by atoms with Gasteiger partial charge in [0.25, 0.3) is 0 Å². The lowest BCUT2D eigenvalue weighted by atomic mass is 9.98. The van der Waals surface area contributed by atoms with E-state index in [0.717, 1.165) is 37.2 Å². The minimum absolute atomic E-state index is 0.0403. The number of nitrogens with one attached hydrogen (secondary N) is 1. The lowest BCUT2D eigenvalue weighted by molar-refractivity contribution is 0.137. The maximum Gasteiger partial charge on any atom is 0.317 e. The van der Waals surface area contributed by atoms with Crippen molar-refractivity contribution in [2.24, 2.45) is 5.92 Å². The first-order valence-electron chi connectivity index (χ1n) is 6.75. The van der Waals surface area contributed by atoms with E-state index in [2.05, 4.69) is 10.3 Å². The van der Waals surface area contributed by atoms with Crippen molar-refractivity contribution in [3.63, 3.8) is 0 Å². The van der Waals surface area contributed by atoms with Crippen LogP contribution in [0, 0.1) is 12.8 Å². The number of aliphatic hydroxyl groups is 1. The lowest BCUT2D eigenvalue weighted by Gasteiger charge is -2.31. The molecule has 0 saturated carbocycles. The predicted octanol–water partition coefficient (Wildman–Crippen LogP) is 1.30. The average Bonchev–Trinajstić information content (AvgIpc) is 2.46. The van der Waals surface area contributed by atoms with Crippen LogP contribution < -0.4 is 5.32 Å². The molecule has 2 rings (SSSR count). The Morgan fingerprint density at radius 1 is 1.53 bits per heavy atom. The first-order valence-corrected chi connectivity index (χ1v) is 6.75. The van der Waals surface area contributed by atoms with Gasteiger partial charge in [0.05, 0.1) is 12.2 Å². The normalized spacial score (nSPS) is 16.4. The number of hydrogen-bond donors (Lipinski definition) is 2. The van der Waals surface area contributed by atoms with Crippen LogP contribution in [0.4, 0.5) is 4.79 Å². The van der Waals surface area contributed by atoms with Crippen LogP contribution in [-0.2, 0) is 6.54 Å². The second kappa shape index (κ2) is 6.52. The number of rotatable bonds is 3. The van der Waals surface area contributed by atoms with Gasteiger partial charge >= 0.3 is 6.03 Å². The van der Waals surface area contributed by atoms with Crippen molar-refractivity contribution >= 4 is 6.03 Å². The van der Waals surface area contributed by atoms with E-state index in [1.54, 1.807) is 6.20 Å². The van der Waals surface area contributed by atoms with Gasteiger partial charge in [-0.3, -0.25) is 4.98 Å². The van der Waals surface area contributed by atoms with Gasteiger partial charge < -0.3 is 15.3 Å². The number of piperidine rings is 1. The van der Waals surface area contributed by atoms with Crippen molar-refractivity contribution < 1.29 is 9.90 Å². The summed E-state index contributed by atoms with van der Waals surface area (Å²) in [4.78, 5) is 18.1. The molecule has 1 fully saturated rings. The first-order chi connectivity index (χ1) is 9.20. The number of likely N-dealkylation sites (tertiary alicyclic amines) is 1. The fraction of sp³-hybridized carbons (Fsp3) is 0.571. The molecule has 19 heavy (non-hydrogen) atoms. The Bertz CT molecular complexity index is 428. The standard InChI is InChI=1S/C14H21N3O2/c1-11-3-2-6-15-13(11)9-16-14(19)17-7-4-12(10-18)5-8-17/h2-3,6,12,18H,4-5,7-10H2,1H3,(H,16,19). The van der Waals surface area contributed by atoms with Crippen molar-refractivity contribution in [3.8, 4) is 0 Å². The highest BCUT2D eigenvalue weighted by atomic mass is 16.3. The van der Waals surface area contributed by atoms with Gasteiger partial charge in [0.15, 0.2) is 0 Å². The molecule has 0 spiro atoms. The SMILES string of the molecule is Cc1cccnc1CNC(=O)N1CCC(CO)CC1. The van der Waals surface area contributed by atoms with Crippen molar-refractivity contribution in [2.45, 2.75) is 26.3 Å². The van der Waals surface area contributed by atoms with Crippen LogP contribution in [0.15, 0.2) is 18.3 Å². The second-order valence-corrected chi connectivity index (χ2v) is 5.04. The van der Waals surface area contributed by atoms with Crippen LogP contribution in [0.5, 0.6) is 0 Å². The third kappa shape index (κ3) is 3.67. The fourth-order valence-corrected chi connectivity index (χ4v) is 2.29. The molecule has 0 radical (unpaired) electrons. The number of nitrogens with zero attached hydrogens (tertiary/aromatic N) is 2. The number of amides is 2. The summed E-state index contributed by atoms with van der Waals surface area (Å²) in [7, 11) is 0. The summed E-state index contributed by atoms with van der Waals surface area (Å²) >= 11 is 0. The van der Waals surface area contributed by atoms with Crippen LogP contribution in [0.25, 0.3) is 0 Å². The molecule has 1 aliphatic heterocycles. The Hall–Kier alpha value is -1.62. The molecule has 1 aliphatic rings. The zero-order valence-electron chi connectivity index (χ0n) is 11.3. The minimum atomic E-state index is -0.0403. The molecule has 2 amide bonds. The number of aliphatic hydroxyl groups excluding tert-OH is 1. The van der Waals surface area contributed by atoms with E-state index < -0.39 is 0 Å². The topological polar surface area (TPSA) is 65.5 Å². The predicted molar refractivity (Wildman–Crippen MR) is 72.6 cm³/mol.